The summed E-state index contributed by atoms with van der Waals surface area (Å²) in [4.78, 5) is -0.648. The highest BCUT2D eigenvalue weighted by atomic mass is 32.2. The van der Waals surface area contributed by atoms with E-state index in [0.29, 0.717) is 0 Å². The fraction of sp³-hybridized carbons (Fsp3) is 0.538. The third kappa shape index (κ3) is 2.56. The predicted octanol–water partition coefficient (Wildman–Crippen LogP) is 1.55. The molecule has 1 aromatic rings. The fourth-order valence-corrected chi connectivity index (χ4v) is 4.84. The monoisotopic (exact) mass is 320 g/mol. The number of sulfonamides is 1. The van der Waals surface area contributed by atoms with Crippen LogP contribution in [0.4, 0.5) is 13.2 Å². The molecule has 8 heteroatoms. The average Bonchev–Trinajstić information content (AvgIpc) is 2.98. The minimum absolute atomic E-state index is 0.192. The molecule has 0 bridgehead atoms. The Balaban J connectivity index is 1.97. The van der Waals surface area contributed by atoms with Gasteiger partial charge in [0.05, 0.1) is 10.5 Å². The Morgan fingerprint density at radius 2 is 1.67 bits per heavy atom. The van der Waals surface area contributed by atoms with E-state index in [2.05, 4.69) is 5.32 Å². The molecule has 0 aromatic heterocycles. The summed E-state index contributed by atoms with van der Waals surface area (Å²) in [5.74, 6) is 0.385. The highest BCUT2D eigenvalue weighted by Crippen LogP contribution is 2.37. The van der Waals surface area contributed by atoms with Gasteiger partial charge in [0.15, 0.2) is 0 Å². The molecule has 3 rings (SSSR count). The Kier molecular flexibility index (Phi) is 3.50. The maximum Gasteiger partial charge on any atom is 0.417 e. The van der Waals surface area contributed by atoms with E-state index in [-0.39, 0.29) is 24.9 Å². The number of hydrogen-bond acceptors (Lipinski definition) is 3. The highest BCUT2D eigenvalue weighted by Gasteiger charge is 2.44. The van der Waals surface area contributed by atoms with Gasteiger partial charge in [-0.2, -0.15) is 17.5 Å². The van der Waals surface area contributed by atoms with E-state index < -0.39 is 26.7 Å². The highest BCUT2D eigenvalue weighted by molar-refractivity contribution is 7.89. The second-order valence-electron chi connectivity index (χ2n) is 5.49. The van der Waals surface area contributed by atoms with Crippen LogP contribution in [0.2, 0.25) is 0 Å². The normalized spacial score (nSPS) is 27.0. The smallest absolute Gasteiger partial charge is 0.316 e. The molecule has 2 aliphatic rings. The van der Waals surface area contributed by atoms with Crippen LogP contribution >= 0.6 is 0 Å². The number of nitrogens with zero attached hydrogens (tertiary/aromatic N) is 1. The number of benzene rings is 1. The molecule has 0 amide bonds. The molecule has 116 valence electrons. The zero-order chi connectivity index (χ0) is 15.3. The Morgan fingerprint density at radius 1 is 1.10 bits per heavy atom. The van der Waals surface area contributed by atoms with E-state index in [0.717, 1.165) is 25.2 Å². The number of hydrogen-bond donors (Lipinski definition) is 1. The summed E-state index contributed by atoms with van der Waals surface area (Å²) in [6, 6.07) is 4.36. The van der Waals surface area contributed by atoms with Crippen LogP contribution < -0.4 is 5.32 Å². The number of rotatable bonds is 2. The van der Waals surface area contributed by atoms with E-state index in [9.17, 15) is 21.6 Å². The number of fused-ring (bicyclic) bond motifs is 1. The first kappa shape index (κ1) is 14.8. The zero-order valence-corrected chi connectivity index (χ0v) is 11.9. The van der Waals surface area contributed by atoms with Crippen LogP contribution in [-0.2, 0) is 16.2 Å². The van der Waals surface area contributed by atoms with Crippen molar-refractivity contribution in [2.24, 2.45) is 11.8 Å². The lowest BCUT2D eigenvalue weighted by Gasteiger charge is -2.20. The summed E-state index contributed by atoms with van der Waals surface area (Å²) >= 11 is 0. The van der Waals surface area contributed by atoms with Gasteiger partial charge in [0, 0.05) is 13.1 Å². The molecule has 0 spiro atoms. The van der Waals surface area contributed by atoms with Crippen molar-refractivity contribution < 1.29 is 21.6 Å². The number of halogens is 3. The van der Waals surface area contributed by atoms with Crippen LogP contribution in [0.3, 0.4) is 0 Å². The third-order valence-electron chi connectivity index (χ3n) is 4.17. The van der Waals surface area contributed by atoms with Gasteiger partial charge in [0.1, 0.15) is 0 Å². The van der Waals surface area contributed by atoms with Crippen molar-refractivity contribution >= 4 is 10.0 Å². The second-order valence-corrected chi connectivity index (χ2v) is 7.40. The lowest BCUT2D eigenvalue weighted by molar-refractivity contribution is -0.139. The van der Waals surface area contributed by atoms with Crippen LogP contribution in [0.1, 0.15) is 5.56 Å². The van der Waals surface area contributed by atoms with Gasteiger partial charge in [-0.05, 0) is 37.1 Å². The van der Waals surface area contributed by atoms with Gasteiger partial charge >= 0.3 is 6.18 Å². The van der Waals surface area contributed by atoms with E-state index in [1.807, 2.05) is 0 Å². The van der Waals surface area contributed by atoms with Crippen molar-refractivity contribution in [2.45, 2.75) is 11.1 Å². The standard InChI is InChI=1S/C13H15F3N2O2S/c14-13(15,16)11-3-1-2-4-12(11)21(19,20)18-7-9-5-17-6-10(9)8-18/h1-4,9-10,17H,5-8H2. The minimum atomic E-state index is -4.68. The van der Waals surface area contributed by atoms with Crippen molar-refractivity contribution in [1.29, 1.82) is 0 Å². The molecule has 4 nitrogen and oxygen atoms in total. The lowest BCUT2D eigenvalue weighted by atomic mass is 10.0. The van der Waals surface area contributed by atoms with Gasteiger partial charge in [-0.1, -0.05) is 12.1 Å². The summed E-state index contributed by atoms with van der Waals surface area (Å²) in [6.45, 7) is 2.01. The molecular weight excluding hydrogens is 305 g/mol. The van der Waals surface area contributed by atoms with Gasteiger partial charge in [0.2, 0.25) is 10.0 Å². The molecule has 2 atom stereocenters. The molecule has 0 aliphatic carbocycles. The molecule has 1 aromatic carbocycles. The molecule has 2 heterocycles. The van der Waals surface area contributed by atoms with E-state index in [1.54, 1.807) is 0 Å². The summed E-state index contributed by atoms with van der Waals surface area (Å²) in [5.41, 5.74) is -1.10. The van der Waals surface area contributed by atoms with Gasteiger partial charge in [0.25, 0.3) is 0 Å². The molecule has 0 radical (unpaired) electrons. The Morgan fingerprint density at radius 3 is 2.24 bits per heavy atom. The fourth-order valence-electron chi connectivity index (χ4n) is 3.07. The minimum Gasteiger partial charge on any atom is -0.316 e. The Labute approximate surface area is 121 Å². The molecule has 21 heavy (non-hydrogen) atoms. The molecule has 2 fully saturated rings. The first-order valence-electron chi connectivity index (χ1n) is 6.67. The SMILES string of the molecule is O=S(=O)(c1ccccc1C(F)(F)F)N1CC2CNCC2C1. The van der Waals surface area contributed by atoms with Crippen molar-refractivity contribution in [3.63, 3.8) is 0 Å². The molecule has 0 saturated carbocycles. The van der Waals surface area contributed by atoms with Gasteiger partial charge in [-0.25, -0.2) is 8.42 Å². The zero-order valence-electron chi connectivity index (χ0n) is 11.1. The van der Waals surface area contributed by atoms with Gasteiger partial charge in [-0.3, -0.25) is 0 Å². The van der Waals surface area contributed by atoms with Gasteiger partial charge < -0.3 is 5.32 Å². The number of nitrogens with one attached hydrogen (secondary N) is 1. The third-order valence-corrected chi connectivity index (χ3v) is 6.06. The van der Waals surface area contributed by atoms with E-state index in [1.165, 1.54) is 16.4 Å². The summed E-state index contributed by atoms with van der Waals surface area (Å²) in [7, 11) is -4.11. The quantitative estimate of drug-likeness (QED) is 0.899. The molecule has 2 unspecified atom stereocenters. The summed E-state index contributed by atoms with van der Waals surface area (Å²) in [6.07, 6.45) is -4.68. The van der Waals surface area contributed by atoms with Crippen molar-refractivity contribution in [2.75, 3.05) is 26.2 Å². The van der Waals surface area contributed by atoms with Crippen molar-refractivity contribution in [1.82, 2.24) is 9.62 Å². The average molecular weight is 320 g/mol. The lowest BCUT2D eigenvalue weighted by Crippen LogP contribution is -2.33. The summed E-state index contributed by atoms with van der Waals surface area (Å²) in [5, 5.41) is 3.17. The molecule has 2 saturated heterocycles. The molecule has 1 N–H and O–H groups in total. The van der Waals surface area contributed by atoms with Crippen molar-refractivity contribution in [3.8, 4) is 0 Å². The Bertz CT molecular complexity index is 633. The molecular formula is C13H15F3N2O2S. The number of alkyl halides is 3. The first-order valence-corrected chi connectivity index (χ1v) is 8.11. The van der Waals surface area contributed by atoms with Crippen LogP contribution in [0.5, 0.6) is 0 Å². The van der Waals surface area contributed by atoms with Crippen LogP contribution in [0.15, 0.2) is 29.2 Å². The van der Waals surface area contributed by atoms with Crippen molar-refractivity contribution in [3.05, 3.63) is 29.8 Å². The first-order chi connectivity index (χ1) is 9.80. The van der Waals surface area contributed by atoms with Crippen LogP contribution in [0, 0.1) is 11.8 Å². The Hall–Kier alpha value is -1.12. The van der Waals surface area contributed by atoms with Gasteiger partial charge in [-0.15, -0.1) is 0 Å². The molecule has 2 aliphatic heterocycles. The maximum atomic E-state index is 13.0. The second kappa shape index (κ2) is 4.96. The predicted molar refractivity (Wildman–Crippen MR) is 70.1 cm³/mol. The topological polar surface area (TPSA) is 49.4 Å². The van der Waals surface area contributed by atoms with E-state index >= 15 is 0 Å². The largest absolute Gasteiger partial charge is 0.417 e. The maximum absolute atomic E-state index is 13.0. The van der Waals surface area contributed by atoms with Crippen LogP contribution in [0.25, 0.3) is 0 Å². The van der Waals surface area contributed by atoms with E-state index in [4.69, 9.17) is 0 Å². The summed E-state index contributed by atoms with van der Waals surface area (Å²) < 4.78 is 65.3. The van der Waals surface area contributed by atoms with Crippen LogP contribution in [-0.4, -0.2) is 38.9 Å².